The number of methoxy groups -OCH3 is 1. The van der Waals surface area contributed by atoms with Crippen LogP contribution < -0.4 is 14.2 Å². The van der Waals surface area contributed by atoms with Crippen molar-refractivity contribution in [1.29, 1.82) is 0 Å². The lowest BCUT2D eigenvalue weighted by Gasteiger charge is -2.16. The zero-order chi connectivity index (χ0) is 19.8. The summed E-state index contributed by atoms with van der Waals surface area (Å²) in [5.41, 5.74) is 2.61. The largest absolute Gasteiger partial charge is 0.493 e. The van der Waals surface area contributed by atoms with Gasteiger partial charge >= 0.3 is 0 Å². The van der Waals surface area contributed by atoms with Crippen molar-refractivity contribution in [3.05, 3.63) is 52.0 Å². The van der Waals surface area contributed by atoms with Crippen LogP contribution in [-0.2, 0) is 12.8 Å². The van der Waals surface area contributed by atoms with E-state index >= 15 is 0 Å². The van der Waals surface area contributed by atoms with Gasteiger partial charge in [0.05, 0.1) is 19.3 Å². The molecule has 2 aromatic carbocycles. The minimum absolute atomic E-state index is 0.121. The van der Waals surface area contributed by atoms with Gasteiger partial charge in [-0.15, -0.1) is 0 Å². The van der Waals surface area contributed by atoms with Crippen molar-refractivity contribution in [2.75, 3.05) is 7.11 Å². The van der Waals surface area contributed by atoms with Crippen molar-refractivity contribution in [1.82, 2.24) is 0 Å². The molecule has 0 radical (unpaired) electrons. The third-order valence-electron chi connectivity index (χ3n) is 4.15. The summed E-state index contributed by atoms with van der Waals surface area (Å²) in [7, 11) is 1.67. The monoisotopic (exact) mass is 434 g/mol. The van der Waals surface area contributed by atoms with Gasteiger partial charge in [0.1, 0.15) is 5.75 Å². The molecule has 0 unspecified atom stereocenters. The first-order chi connectivity index (χ1) is 12.9. The highest BCUT2D eigenvalue weighted by atomic mass is 79.9. The summed E-state index contributed by atoms with van der Waals surface area (Å²) in [4.78, 5) is 0. The van der Waals surface area contributed by atoms with Crippen LogP contribution in [0.1, 0.15) is 51.7 Å². The summed E-state index contributed by atoms with van der Waals surface area (Å²) in [5.74, 6) is 2.52. The average molecular weight is 435 g/mol. The van der Waals surface area contributed by atoms with Gasteiger partial charge in [0.2, 0.25) is 0 Å². The number of benzene rings is 2. The minimum Gasteiger partial charge on any atom is -0.493 e. The molecule has 0 aliphatic rings. The topological polar surface area (TPSA) is 27.7 Å². The van der Waals surface area contributed by atoms with Crippen LogP contribution >= 0.6 is 15.9 Å². The third-order valence-corrected chi connectivity index (χ3v) is 4.89. The second-order valence-corrected chi connectivity index (χ2v) is 8.13. The molecule has 148 valence electrons. The maximum Gasteiger partial charge on any atom is 0.161 e. The fraction of sp³-hybridized carbons (Fsp3) is 0.478. The summed E-state index contributed by atoms with van der Waals surface area (Å²) >= 11 is 3.66. The van der Waals surface area contributed by atoms with Gasteiger partial charge in [-0.3, -0.25) is 0 Å². The Balaban J connectivity index is 1.89. The maximum absolute atomic E-state index is 5.89. The SMILES string of the molecule is COc1cc(Br)c(CCCCc2ccc(OC(C)C)cc2)cc1OC(C)C. The van der Waals surface area contributed by atoms with Crippen LogP contribution in [0.4, 0.5) is 0 Å². The second kappa shape index (κ2) is 10.6. The zero-order valence-corrected chi connectivity index (χ0v) is 18.6. The van der Waals surface area contributed by atoms with E-state index in [1.807, 2.05) is 33.8 Å². The molecular weight excluding hydrogens is 404 g/mol. The van der Waals surface area contributed by atoms with Crippen molar-refractivity contribution in [2.45, 2.75) is 65.6 Å². The molecule has 0 N–H and O–H groups in total. The summed E-state index contributed by atoms with van der Waals surface area (Å²) in [5, 5.41) is 0. The lowest BCUT2D eigenvalue weighted by atomic mass is 10.0. The van der Waals surface area contributed by atoms with E-state index in [0.29, 0.717) is 0 Å². The Kier molecular flexibility index (Phi) is 8.49. The van der Waals surface area contributed by atoms with Gasteiger partial charge in [0.15, 0.2) is 11.5 Å². The van der Waals surface area contributed by atoms with E-state index < -0.39 is 0 Å². The first-order valence-electron chi connectivity index (χ1n) is 9.67. The lowest BCUT2D eigenvalue weighted by molar-refractivity contribution is 0.230. The van der Waals surface area contributed by atoms with Crippen molar-refractivity contribution >= 4 is 15.9 Å². The van der Waals surface area contributed by atoms with Crippen molar-refractivity contribution in [3.8, 4) is 17.2 Å². The van der Waals surface area contributed by atoms with Crippen LogP contribution in [0.15, 0.2) is 40.9 Å². The first kappa shape index (κ1) is 21.6. The fourth-order valence-electron chi connectivity index (χ4n) is 2.93. The Morgan fingerprint density at radius 1 is 0.815 bits per heavy atom. The normalized spacial score (nSPS) is 11.1. The van der Waals surface area contributed by atoms with Crippen LogP contribution in [0, 0.1) is 0 Å². The molecule has 2 aromatic rings. The summed E-state index contributed by atoms with van der Waals surface area (Å²) in [6, 6.07) is 12.5. The van der Waals surface area contributed by atoms with Gasteiger partial charge in [-0.25, -0.2) is 0 Å². The van der Waals surface area contributed by atoms with Crippen LogP contribution in [0.25, 0.3) is 0 Å². The van der Waals surface area contributed by atoms with Crippen LogP contribution in [0.2, 0.25) is 0 Å². The summed E-state index contributed by atoms with van der Waals surface area (Å²) < 4.78 is 18.1. The smallest absolute Gasteiger partial charge is 0.161 e. The number of aryl methyl sites for hydroxylation is 2. The van der Waals surface area contributed by atoms with Crippen LogP contribution in [0.3, 0.4) is 0 Å². The predicted molar refractivity (Wildman–Crippen MR) is 115 cm³/mol. The molecule has 0 saturated heterocycles. The molecule has 0 bridgehead atoms. The Morgan fingerprint density at radius 2 is 1.44 bits per heavy atom. The number of hydrogen-bond donors (Lipinski definition) is 0. The molecule has 4 heteroatoms. The molecule has 0 aliphatic heterocycles. The van der Waals surface area contributed by atoms with Gasteiger partial charge in [-0.1, -0.05) is 28.1 Å². The highest BCUT2D eigenvalue weighted by Gasteiger charge is 2.11. The maximum atomic E-state index is 5.89. The molecular formula is C23H31BrO3. The van der Waals surface area contributed by atoms with E-state index in [0.717, 1.165) is 47.4 Å². The lowest BCUT2D eigenvalue weighted by Crippen LogP contribution is -2.07. The molecule has 27 heavy (non-hydrogen) atoms. The molecule has 0 aromatic heterocycles. The van der Waals surface area contributed by atoms with Gasteiger partial charge in [-0.05, 0) is 88.8 Å². The van der Waals surface area contributed by atoms with Crippen LogP contribution in [0.5, 0.6) is 17.2 Å². The molecule has 0 saturated carbocycles. The van der Waals surface area contributed by atoms with Gasteiger partial charge < -0.3 is 14.2 Å². The molecule has 0 atom stereocenters. The number of unbranched alkanes of at least 4 members (excludes halogenated alkanes) is 1. The van der Waals surface area contributed by atoms with E-state index in [-0.39, 0.29) is 12.2 Å². The Morgan fingerprint density at radius 3 is 2.04 bits per heavy atom. The Hall–Kier alpha value is -1.68. The number of hydrogen-bond acceptors (Lipinski definition) is 3. The molecule has 3 nitrogen and oxygen atoms in total. The Bertz CT molecular complexity index is 708. The van der Waals surface area contributed by atoms with E-state index in [1.54, 1.807) is 7.11 Å². The van der Waals surface area contributed by atoms with E-state index in [1.165, 1.54) is 11.1 Å². The molecule has 0 spiro atoms. The number of ether oxygens (including phenoxy) is 3. The summed E-state index contributed by atoms with van der Waals surface area (Å²) in [6.07, 6.45) is 4.68. The molecule has 0 fully saturated rings. The molecule has 0 amide bonds. The summed E-state index contributed by atoms with van der Waals surface area (Å²) in [6.45, 7) is 8.14. The van der Waals surface area contributed by atoms with Crippen LogP contribution in [-0.4, -0.2) is 19.3 Å². The van der Waals surface area contributed by atoms with Gasteiger partial charge in [-0.2, -0.15) is 0 Å². The number of halogens is 1. The molecule has 0 aliphatic carbocycles. The average Bonchev–Trinajstić information content (AvgIpc) is 2.61. The van der Waals surface area contributed by atoms with Crippen molar-refractivity contribution in [2.24, 2.45) is 0 Å². The highest BCUT2D eigenvalue weighted by molar-refractivity contribution is 9.10. The zero-order valence-electron chi connectivity index (χ0n) is 17.0. The predicted octanol–water partition coefficient (Wildman–Crippen LogP) is 6.60. The Labute approximate surface area is 172 Å². The highest BCUT2D eigenvalue weighted by Crippen LogP contribution is 2.35. The fourth-order valence-corrected chi connectivity index (χ4v) is 3.45. The first-order valence-corrected chi connectivity index (χ1v) is 10.5. The van der Waals surface area contributed by atoms with E-state index in [4.69, 9.17) is 14.2 Å². The quantitative estimate of drug-likeness (QED) is 0.394. The van der Waals surface area contributed by atoms with Gasteiger partial charge in [0.25, 0.3) is 0 Å². The van der Waals surface area contributed by atoms with E-state index in [2.05, 4.69) is 46.3 Å². The molecule has 2 rings (SSSR count). The second-order valence-electron chi connectivity index (χ2n) is 7.28. The van der Waals surface area contributed by atoms with E-state index in [9.17, 15) is 0 Å². The van der Waals surface area contributed by atoms with Crippen molar-refractivity contribution in [3.63, 3.8) is 0 Å². The minimum atomic E-state index is 0.121. The number of rotatable bonds is 10. The van der Waals surface area contributed by atoms with Gasteiger partial charge in [0, 0.05) is 4.47 Å². The third kappa shape index (κ3) is 7.10. The van der Waals surface area contributed by atoms with Crippen molar-refractivity contribution < 1.29 is 14.2 Å². The standard InChI is InChI=1S/C23H31BrO3/c1-16(2)26-20-12-10-18(11-13-20)8-6-7-9-19-14-23(27-17(3)4)22(25-5)15-21(19)24/h10-17H,6-9H2,1-5H3. The molecule has 0 heterocycles.